The summed E-state index contributed by atoms with van der Waals surface area (Å²) in [7, 11) is 1.67. The Morgan fingerprint density at radius 3 is 2.79 bits per heavy atom. The van der Waals surface area contributed by atoms with E-state index in [4.69, 9.17) is 32.2 Å². The third-order valence-corrected chi connectivity index (χ3v) is 6.27. The monoisotopic (exact) mass is 474 g/mol. The van der Waals surface area contributed by atoms with Crippen molar-refractivity contribution in [2.45, 2.75) is 39.2 Å². The van der Waals surface area contributed by atoms with Crippen molar-refractivity contribution in [1.29, 1.82) is 0 Å². The quantitative estimate of drug-likeness (QED) is 0.300. The van der Waals surface area contributed by atoms with Crippen molar-refractivity contribution in [1.82, 2.24) is 0 Å². The van der Waals surface area contributed by atoms with Crippen LogP contribution in [-0.4, -0.2) is 30.7 Å². The molecule has 6 nitrogen and oxygen atoms in total. The summed E-state index contributed by atoms with van der Waals surface area (Å²) >= 11 is 6.02. The Balaban J connectivity index is 1.94. The molecule has 3 N–H and O–H groups in total. The number of carboxylic acid groups (broad SMARTS) is 1. The van der Waals surface area contributed by atoms with Gasteiger partial charge in [-0.2, -0.15) is 5.90 Å². The maximum absolute atomic E-state index is 14.6. The van der Waals surface area contributed by atoms with Gasteiger partial charge in [-0.1, -0.05) is 35.9 Å². The van der Waals surface area contributed by atoms with Crippen molar-refractivity contribution in [2.75, 3.05) is 13.7 Å². The molecule has 2 aliphatic rings. The fourth-order valence-corrected chi connectivity index (χ4v) is 4.52. The molecule has 1 aromatic carbocycles. The van der Waals surface area contributed by atoms with E-state index in [-0.39, 0.29) is 28.0 Å². The minimum atomic E-state index is -1.30. The largest absolute Gasteiger partial charge is 0.478 e. The molecular weight excluding hydrogens is 447 g/mol. The zero-order valence-electron chi connectivity index (χ0n) is 18.9. The second-order valence-corrected chi connectivity index (χ2v) is 8.57. The molecule has 0 radical (unpaired) electrons. The summed E-state index contributed by atoms with van der Waals surface area (Å²) in [6.07, 6.45) is 10.9. The predicted octanol–water partition coefficient (Wildman–Crippen LogP) is 5.71. The summed E-state index contributed by atoms with van der Waals surface area (Å²) in [5.41, 5.74) is 4.42. The van der Waals surface area contributed by atoms with Crippen LogP contribution < -0.4 is 5.90 Å². The topological polar surface area (TPSA) is 94.1 Å². The molecule has 0 amide bonds. The van der Waals surface area contributed by atoms with Gasteiger partial charge in [0.1, 0.15) is 5.82 Å². The normalized spacial score (nSPS) is 19.8. The number of carbonyl (C=O) groups is 1. The number of allylic oxidation sites excluding steroid dienone is 6. The Hall–Kier alpha value is -2.74. The Kier molecular flexibility index (Phi) is 8.24. The van der Waals surface area contributed by atoms with E-state index in [1.54, 1.807) is 14.0 Å². The number of aromatic carboxylic acids is 1. The number of aliphatic imine (C=N–C) groups is 1. The van der Waals surface area contributed by atoms with Crippen LogP contribution >= 0.6 is 11.6 Å². The molecule has 0 heterocycles. The van der Waals surface area contributed by atoms with E-state index in [0.717, 1.165) is 24.5 Å². The Bertz CT molecular complexity index is 1090. The fourth-order valence-electron chi connectivity index (χ4n) is 4.26. The van der Waals surface area contributed by atoms with E-state index in [1.807, 2.05) is 6.08 Å². The maximum Gasteiger partial charge on any atom is 0.337 e. The average molecular weight is 475 g/mol. The van der Waals surface area contributed by atoms with Crippen molar-refractivity contribution in [3.63, 3.8) is 0 Å². The predicted molar refractivity (Wildman–Crippen MR) is 127 cm³/mol. The zero-order valence-corrected chi connectivity index (χ0v) is 19.7. The Morgan fingerprint density at radius 1 is 1.39 bits per heavy atom. The first-order chi connectivity index (χ1) is 15.8. The highest BCUT2D eigenvalue weighted by Gasteiger charge is 2.27. The number of nitrogens with two attached hydrogens (primary N) is 1. The molecule has 0 saturated carbocycles. The van der Waals surface area contributed by atoms with Gasteiger partial charge < -0.3 is 14.7 Å². The number of rotatable bonds is 7. The first-order valence-electron chi connectivity index (χ1n) is 10.7. The van der Waals surface area contributed by atoms with Crippen LogP contribution in [0.4, 0.5) is 4.39 Å². The first kappa shape index (κ1) is 24.9. The van der Waals surface area contributed by atoms with Crippen LogP contribution in [0.1, 0.15) is 55.1 Å². The summed E-state index contributed by atoms with van der Waals surface area (Å²) in [6, 6.07) is 1.47. The number of halogens is 2. The molecule has 0 saturated heterocycles. The van der Waals surface area contributed by atoms with Crippen LogP contribution in [0.15, 0.2) is 63.7 Å². The smallest absolute Gasteiger partial charge is 0.337 e. The van der Waals surface area contributed by atoms with Gasteiger partial charge in [0.25, 0.3) is 0 Å². The van der Waals surface area contributed by atoms with Gasteiger partial charge in [-0.3, -0.25) is 0 Å². The summed E-state index contributed by atoms with van der Waals surface area (Å²) < 4.78 is 20.1. The van der Waals surface area contributed by atoms with Gasteiger partial charge in [0, 0.05) is 24.2 Å². The molecule has 0 fully saturated rings. The van der Waals surface area contributed by atoms with Crippen molar-refractivity contribution < 1.29 is 23.9 Å². The van der Waals surface area contributed by atoms with E-state index < -0.39 is 17.8 Å². The summed E-state index contributed by atoms with van der Waals surface area (Å²) in [5.74, 6) is 3.81. The van der Waals surface area contributed by atoms with Crippen LogP contribution in [0.3, 0.4) is 0 Å². The van der Waals surface area contributed by atoms with Crippen molar-refractivity contribution in [3.05, 3.63) is 80.7 Å². The second kappa shape index (κ2) is 10.9. The number of hydrogen-bond donors (Lipinski definition) is 2. The van der Waals surface area contributed by atoms with E-state index in [1.165, 1.54) is 22.8 Å². The molecule has 8 heteroatoms. The lowest BCUT2D eigenvalue weighted by molar-refractivity contribution is 0.0696. The number of ether oxygens (including phenoxy) is 1. The molecule has 33 heavy (non-hydrogen) atoms. The lowest BCUT2D eigenvalue weighted by Crippen LogP contribution is -2.23. The summed E-state index contributed by atoms with van der Waals surface area (Å²) in [5, 5.41) is 9.06. The van der Waals surface area contributed by atoms with E-state index in [0.29, 0.717) is 13.0 Å². The number of methoxy groups -OCH3 is 1. The molecule has 0 aliphatic heterocycles. The lowest BCUT2D eigenvalue weighted by atomic mass is 9.79. The lowest BCUT2D eigenvalue weighted by Gasteiger charge is -2.28. The van der Waals surface area contributed by atoms with E-state index >= 15 is 0 Å². The Morgan fingerprint density at radius 2 is 2.15 bits per heavy atom. The molecule has 176 valence electrons. The molecule has 2 aliphatic carbocycles. The van der Waals surface area contributed by atoms with Crippen LogP contribution in [-0.2, 0) is 9.57 Å². The average Bonchev–Trinajstić information content (AvgIpc) is 2.79. The van der Waals surface area contributed by atoms with E-state index in [9.17, 15) is 9.18 Å². The van der Waals surface area contributed by atoms with Crippen molar-refractivity contribution in [2.24, 2.45) is 16.8 Å². The highest BCUT2D eigenvalue weighted by Crippen LogP contribution is 2.37. The minimum absolute atomic E-state index is 0.0639. The van der Waals surface area contributed by atoms with Gasteiger partial charge in [0.05, 0.1) is 23.2 Å². The molecule has 2 unspecified atom stereocenters. The van der Waals surface area contributed by atoms with Crippen LogP contribution in [0.2, 0.25) is 5.02 Å². The van der Waals surface area contributed by atoms with Crippen LogP contribution in [0.5, 0.6) is 0 Å². The number of hydrogen-bond acceptors (Lipinski definition) is 5. The molecule has 1 aromatic rings. The van der Waals surface area contributed by atoms with Gasteiger partial charge in [-0.05, 0) is 62.0 Å². The standard InChI is InChI=1S/C25H28ClFN2O4/c1-14-6-4-5-7-18(14)19-9-8-16(10-17(19)13-32-3)24(33-28)29-15(2)20-11-22(26)21(25(30)31)12-23(20)27/h4,6,8-9,11-12,15,17H,5,7,10,13,28H2,1-3H3,(H,30,31). The number of nitrogens with zero attached hydrogens (tertiary/aromatic N) is 1. The van der Waals surface area contributed by atoms with Crippen molar-refractivity contribution >= 4 is 23.5 Å². The first-order valence-corrected chi connectivity index (χ1v) is 11.1. The third-order valence-electron chi connectivity index (χ3n) is 5.96. The molecule has 2 atom stereocenters. The van der Waals surface area contributed by atoms with Crippen LogP contribution in [0, 0.1) is 11.7 Å². The minimum Gasteiger partial charge on any atom is -0.478 e. The number of benzene rings is 1. The van der Waals surface area contributed by atoms with Gasteiger partial charge in [-0.25, -0.2) is 14.2 Å². The molecule has 0 aromatic heterocycles. The maximum atomic E-state index is 14.6. The van der Waals surface area contributed by atoms with Crippen molar-refractivity contribution in [3.8, 4) is 0 Å². The van der Waals surface area contributed by atoms with Gasteiger partial charge >= 0.3 is 5.97 Å². The van der Waals surface area contributed by atoms with E-state index in [2.05, 4.69) is 30.1 Å². The Labute approximate surface area is 197 Å². The third kappa shape index (κ3) is 5.61. The summed E-state index contributed by atoms with van der Waals surface area (Å²) in [4.78, 5) is 20.7. The molecule has 0 bridgehead atoms. The van der Waals surface area contributed by atoms with Gasteiger partial charge in [0.15, 0.2) is 0 Å². The van der Waals surface area contributed by atoms with Gasteiger partial charge in [0.2, 0.25) is 5.90 Å². The second-order valence-electron chi connectivity index (χ2n) is 8.16. The SMILES string of the molecule is COCC1CC(C(=NC(C)c2cc(Cl)c(C(=O)O)cc2F)ON)=CC=C1C1=C(C)C=CCC1. The summed E-state index contributed by atoms with van der Waals surface area (Å²) in [6.45, 7) is 4.30. The number of carboxylic acids is 1. The zero-order chi connectivity index (χ0) is 24.1. The molecule has 0 spiro atoms. The highest BCUT2D eigenvalue weighted by molar-refractivity contribution is 6.33. The van der Waals surface area contributed by atoms with Crippen LogP contribution in [0.25, 0.3) is 0 Å². The molecular formula is C25H28ClFN2O4. The van der Waals surface area contributed by atoms with Gasteiger partial charge in [-0.15, -0.1) is 0 Å². The highest BCUT2D eigenvalue weighted by atomic mass is 35.5. The fraction of sp³-hybridized carbons (Fsp3) is 0.360. The molecule has 3 rings (SSSR count).